The Hall–Kier alpha value is -1.14. The van der Waals surface area contributed by atoms with E-state index < -0.39 is 0 Å². The summed E-state index contributed by atoms with van der Waals surface area (Å²) in [6, 6.07) is 0.654. The lowest BCUT2D eigenvalue weighted by Crippen LogP contribution is -2.29. The first kappa shape index (κ1) is 13.3. The molecule has 1 saturated carbocycles. The molecule has 1 heterocycles. The highest BCUT2D eigenvalue weighted by atomic mass is 32.1. The largest absolute Gasteiger partial charge is 0.409 e. The number of aromatic nitrogens is 1. The fourth-order valence-electron chi connectivity index (χ4n) is 1.92. The number of thiazole rings is 1. The Morgan fingerprint density at radius 1 is 1.56 bits per heavy atom. The molecule has 1 fully saturated rings. The molecule has 1 aromatic heterocycles. The maximum absolute atomic E-state index is 8.57. The number of aryl methyl sites for hydroxylation is 2. The van der Waals surface area contributed by atoms with E-state index in [0.29, 0.717) is 18.3 Å². The number of oxime groups is 1. The number of nitrogens with two attached hydrogens (primary N) is 1. The summed E-state index contributed by atoms with van der Waals surface area (Å²) in [7, 11) is 0. The summed E-state index contributed by atoms with van der Waals surface area (Å²) in [6.07, 6.45) is 3.11. The number of nitrogens with zero attached hydrogens (tertiary/aromatic N) is 3. The van der Waals surface area contributed by atoms with E-state index in [-0.39, 0.29) is 0 Å². The van der Waals surface area contributed by atoms with Crippen LogP contribution in [-0.2, 0) is 6.54 Å². The summed E-state index contributed by atoms with van der Waals surface area (Å²) in [5, 5.41) is 12.7. The molecule has 0 amide bonds. The van der Waals surface area contributed by atoms with Gasteiger partial charge in [-0.25, -0.2) is 4.98 Å². The lowest BCUT2D eigenvalue weighted by atomic mass is 10.3. The van der Waals surface area contributed by atoms with Crippen LogP contribution >= 0.6 is 11.3 Å². The van der Waals surface area contributed by atoms with Gasteiger partial charge in [0.25, 0.3) is 0 Å². The van der Waals surface area contributed by atoms with Gasteiger partial charge in [-0.1, -0.05) is 5.16 Å². The van der Waals surface area contributed by atoms with Crippen molar-refractivity contribution in [3.05, 3.63) is 15.6 Å². The molecule has 5 nitrogen and oxygen atoms in total. The van der Waals surface area contributed by atoms with Crippen molar-refractivity contribution in [2.24, 2.45) is 10.9 Å². The monoisotopic (exact) mass is 268 g/mol. The van der Waals surface area contributed by atoms with Crippen LogP contribution in [0.3, 0.4) is 0 Å². The molecule has 0 spiro atoms. The van der Waals surface area contributed by atoms with Crippen LogP contribution in [-0.4, -0.2) is 33.5 Å². The third-order valence-electron chi connectivity index (χ3n) is 3.26. The quantitative estimate of drug-likeness (QED) is 0.357. The van der Waals surface area contributed by atoms with Crippen molar-refractivity contribution in [2.75, 3.05) is 6.54 Å². The molecule has 18 heavy (non-hydrogen) atoms. The minimum Gasteiger partial charge on any atom is -0.409 e. The highest BCUT2D eigenvalue weighted by molar-refractivity contribution is 7.11. The van der Waals surface area contributed by atoms with E-state index >= 15 is 0 Å². The molecule has 3 N–H and O–H groups in total. The van der Waals surface area contributed by atoms with Gasteiger partial charge in [0.2, 0.25) is 0 Å². The zero-order chi connectivity index (χ0) is 13.1. The maximum Gasteiger partial charge on any atom is 0.140 e. The zero-order valence-electron chi connectivity index (χ0n) is 10.9. The lowest BCUT2D eigenvalue weighted by molar-refractivity contribution is 0.259. The topological polar surface area (TPSA) is 74.7 Å². The summed E-state index contributed by atoms with van der Waals surface area (Å²) >= 11 is 1.76. The molecular formula is C12H20N4OS. The van der Waals surface area contributed by atoms with Gasteiger partial charge in [-0.05, 0) is 26.7 Å². The summed E-state index contributed by atoms with van der Waals surface area (Å²) in [5.41, 5.74) is 6.65. The van der Waals surface area contributed by atoms with Crippen LogP contribution < -0.4 is 5.73 Å². The molecule has 0 radical (unpaired) electrons. The summed E-state index contributed by atoms with van der Waals surface area (Å²) in [5.74, 6) is 0.298. The van der Waals surface area contributed by atoms with Crippen molar-refractivity contribution in [1.29, 1.82) is 0 Å². The van der Waals surface area contributed by atoms with Crippen molar-refractivity contribution in [3.63, 3.8) is 0 Å². The van der Waals surface area contributed by atoms with E-state index in [4.69, 9.17) is 10.9 Å². The Labute approximate surface area is 111 Å². The van der Waals surface area contributed by atoms with Crippen LogP contribution in [0.2, 0.25) is 0 Å². The predicted molar refractivity (Wildman–Crippen MR) is 73.0 cm³/mol. The van der Waals surface area contributed by atoms with Gasteiger partial charge in [0.05, 0.1) is 12.2 Å². The van der Waals surface area contributed by atoms with Gasteiger partial charge in [-0.15, -0.1) is 11.3 Å². The third-order valence-corrected chi connectivity index (χ3v) is 4.32. The van der Waals surface area contributed by atoms with Crippen LogP contribution in [0.25, 0.3) is 0 Å². The highest BCUT2D eigenvalue weighted by Crippen LogP contribution is 2.29. The Morgan fingerprint density at radius 2 is 2.28 bits per heavy atom. The standard InChI is InChI=1S/C12H20N4OS/c1-8-9(2)18-12(14-8)7-16(10-3-4-10)6-5-11(13)15-17/h10,17H,3-7H2,1-2H3,(H2,13,15). The molecule has 0 bridgehead atoms. The zero-order valence-corrected chi connectivity index (χ0v) is 11.7. The number of amidine groups is 1. The normalized spacial score (nSPS) is 16.5. The van der Waals surface area contributed by atoms with Crippen molar-refractivity contribution >= 4 is 17.2 Å². The lowest BCUT2D eigenvalue weighted by Gasteiger charge is -2.20. The smallest absolute Gasteiger partial charge is 0.140 e. The van der Waals surface area contributed by atoms with Gasteiger partial charge in [-0.2, -0.15) is 0 Å². The summed E-state index contributed by atoms with van der Waals surface area (Å²) in [6.45, 7) is 5.86. The van der Waals surface area contributed by atoms with Crippen LogP contribution in [0.1, 0.15) is 34.8 Å². The minimum atomic E-state index is 0.298. The van der Waals surface area contributed by atoms with E-state index in [0.717, 1.165) is 23.8 Å². The SMILES string of the molecule is Cc1nc(CN(CCC(N)=NO)C2CC2)sc1C. The Morgan fingerprint density at radius 3 is 2.78 bits per heavy atom. The summed E-state index contributed by atoms with van der Waals surface area (Å²) < 4.78 is 0. The Balaban J connectivity index is 1.94. The molecule has 0 saturated heterocycles. The molecule has 1 aromatic rings. The molecule has 0 atom stereocenters. The van der Waals surface area contributed by atoms with Gasteiger partial charge in [0.1, 0.15) is 10.8 Å². The van der Waals surface area contributed by atoms with E-state index in [1.54, 1.807) is 11.3 Å². The predicted octanol–water partition coefficient (Wildman–Crippen LogP) is 1.86. The van der Waals surface area contributed by atoms with Crippen LogP contribution in [0.15, 0.2) is 5.16 Å². The second kappa shape index (κ2) is 5.67. The fraction of sp³-hybridized carbons (Fsp3) is 0.667. The van der Waals surface area contributed by atoms with E-state index in [2.05, 4.69) is 22.0 Å². The molecule has 100 valence electrons. The van der Waals surface area contributed by atoms with Gasteiger partial charge in [-0.3, -0.25) is 4.90 Å². The fourth-order valence-corrected chi connectivity index (χ4v) is 2.88. The average Bonchev–Trinajstić information content (AvgIpc) is 3.13. The minimum absolute atomic E-state index is 0.298. The van der Waals surface area contributed by atoms with Gasteiger partial charge < -0.3 is 10.9 Å². The molecule has 0 unspecified atom stereocenters. The molecular weight excluding hydrogens is 248 g/mol. The van der Waals surface area contributed by atoms with Crippen LogP contribution in [0, 0.1) is 13.8 Å². The first-order valence-electron chi connectivity index (χ1n) is 6.23. The van der Waals surface area contributed by atoms with Gasteiger partial charge in [0, 0.05) is 23.9 Å². The number of hydrogen-bond acceptors (Lipinski definition) is 5. The first-order valence-corrected chi connectivity index (χ1v) is 7.05. The highest BCUT2D eigenvalue weighted by Gasteiger charge is 2.29. The molecule has 1 aliphatic carbocycles. The Kier molecular flexibility index (Phi) is 4.19. The molecule has 0 aromatic carbocycles. The number of rotatable bonds is 6. The second-order valence-electron chi connectivity index (χ2n) is 4.79. The number of hydrogen-bond donors (Lipinski definition) is 2. The first-order chi connectivity index (χ1) is 8.60. The molecule has 0 aliphatic heterocycles. The van der Waals surface area contributed by atoms with Crippen molar-refractivity contribution in [1.82, 2.24) is 9.88 Å². The van der Waals surface area contributed by atoms with Gasteiger partial charge in [0.15, 0.2) is 0 Å². The van der Waals surface area contributed by atoms with Gasteiger partial charge >= 0.3 is 0 Å². The second-order valence-corrected chi connectivity index (χ2v) is 6.08. The Bertz CT molecular complexity index is 420. The van der Waals surface area contributed by atoms with E-state index in [9.17, 15) is 0 Å². The van der Waals surface area contributed by atoms with Crippen molar-refractivity contribution in [2.45, 2.75) is 45.7 Å². The van der Waals surface area contributed by atoms with E-state index in [1.807, 2.05) is 6.92 Å². The summed E-state index contributed by atoms with van der Waals surface area (Å²) in [4.78, 5) is 8.25. The maximum atomic E-state index is 8.57. The third kappa shape index (κ3) is 3.43. The van der Waals surface area contributed by atoms with Crippen molar-refractivity contribution < 1.29 is 5.21 Å². The molecule has 1 aliphatic rings. The van der Waals surface area contributed by atoms with Crippen LogP contribution in [0.5, 0.6) is 0 Å². The molecule has 6 heteroatoms. The van der Waals surface area contributed by atoms with Crippen LogP contribution in [0.4, 0.5) is 0 Å². The van der Waals surface area contributed by atoms with Crippen molar-refractivity contribution in [3.8, 4) is 0 Å². The van der Waals surface area contributed by atoms with E-state index in [1.165, 1.54) is 17.7 Å². The molecule has 2 rings (SSSR count). The average molecular weight is 268 g/mol.